The highest BCUT2D eigenvalue weighted by molar-refractivity contribution is 7.90. The summed E-state index contributed by atoms with van der Waals surface area (Å²) in [4.78, 5) is 12.3. The Hall–Kier alpha value is -3.80. The number of nitrogens with two attached hydrogens (primary N) is 1. The number of hydrazone groups is 1. The smallest absolute Gasteiger partial charge is 0.267 e. The first-order valence-electron chi connectivity index (χ1n) is 9.55. The van der Waals surface area contributed by atoms with E-state index < -0.39 is 26.0 Å². The molecule has 0 spiro atoms. The van der Waals surface area contributed by atoms with E-state index in [1.807, 2.05) is 0 Å². The van der Waals surface area contributed by atoms with E-state index in [2.05, 4.69) is 10.5 Å². The highest BCUT2D eigenvalue weighted by Crippen LogP contribution is 2.25. The van der Waals surface area contributed by atoms with Crippen LogP contribution in [-0.4, -0.2) is 32.9 Å². The summed E-state index contributed by atoms with van der Waals surface area (Å²) in [5.74, 6) is -0.576. The summed E-state index contributed by atoms with van der Waals surface area (Å²) in [6.45, 7) is 0. The van der Waals surface area contributed by atoms with Crippen LogP contribution < -0.4 is 10.6 Å². The van der Waals surface area contributed by atoms with Crippen molar-refractivity contribution in [2.75, 3.05) is 0 Å². The third-order valence-corrected chi connectivity index (χ3v) is 7.44. The van der Waals surface area contributed by atoms with E-state index in [-0.39, 0.29) is 15.4 Å². The van der Waals surface area contributed by atoms with Crippen LogP contribution in [0.5, 0.6) is 0 Å². The number of hydrogen-bond donors (Lipinski definition) is 2. The average molecular weight is 483 g/mol. The lowest BCUT2D eigenvalue weighted by atomic mass is 10.2. The van der Waals surface area contributed by atoms with Gasteiger partial charge in [0.25, 0.3) is 15.9 Å². The third-order valence-electron chi connectivity index (χ3n) is 4.82. The number of rotatable bonds is 6. The van der Waals surface area contributed by atoms with E-state index in [4.69, 9.17) is 5.14 Å². The molecule has 3 aromatic carbocycles. The van der Waals surface area contributed by atoms with Crippen molar-refractivity contribution >= 4 is 43.1 Å². The molecule has 9 nitrogen and oxygen atoms in total. The summed E-state index contributed by atoms with van der Waals surface area (Å²) in [7, 11) is -7.70. The van der Waals surface area contributed by atoms with E-state index in [1.54, 1.807) is 42.5 Å². The number of hydrogen-bond acceptors (Lipinski definition) is 6. The van der Waals surface area contributed by atoms with E-state index >= 15 is 0 Å². The molecule has 0 saturated carbocycles. The van der Waals surface area contributed by atoms with Crippen LogP contribution in [0.2, 0.25) is 0 Å². The Morgan fingerprint density at radius 3 is 2.15 bits per heavy atom. The number of aromatic nitrogens is 1. The number of benzene rings is 3. The minimum atomic E-state index is -3.86. The predicted molar refractivity (Wildman–Crippen MR) is 124 cm³/mol. The van der Waals surface area contributed by atoms with Crippen LogP contribution in [0, 0.1) is 0 Å². The summed E-state index contributed by atoms with van der Waals surface area (Å²) in [6, 6.07) is 20.0. The molecular weight excluding hydrogens is 464 g/mol. The van der Waals surface area contributed by atoms with Gasteiger partial charge < -0.3 is 0 Å². The van der Waals surface area contributed by atoms with Crippen LogP contribution in [0.1, 0.15) is 15.9 Å². The van der Waals surface area contributed by atoms with Crippen molar-refractivity contribution < 1.29 is 21.6 Å². The van der Waals surface area contributed by atoms with Gasteiger partial charge in [0.2, 0.25) is 10.0 Å². The molecule has 168 valence electrons. The first kappa shape index (κ1) is 22.4. The summed E-state index contributed by atoms with van der Waals surface area (Å²) in [5, 5.41) is 9.61. The van der Waals surface area contributed by atoms with Crippen molar-refractivity contribution in [1.82, 2.24) is 9.40 Å². The average Bonchev–Trinajstić information content (AvgIpc) is 3.19. The molecule has 4 aromatic rings. The number of primary sulfonamides is 1. The van der Waals surface area contributed by atoms with Crippen LogP contribution in [0.15, 0.2) is 100.0 Å². The van der Waals surface area contributed by atoms with Crippen molar-refractivity contribution in [3.8, 4) is 0 Å². The summed E-state index contributed by atoms with van der Waals surface area (Å²) >= 11 is 0. The molecule has 0 aliphatic heterocycles. The molecule has 1 heterocycles. The fourth-order valence-corrected chi connectivity index (χ4v) is 5.12. The van der Waals surface area contributed by atoms with E-state index in [1.165, 1.54) is 52.8 Å². The number of carbonyl (C=O) groups excluding carboxylic acids is 1. The van der Waals surface area contributed by atoms with Crippen LogP contribution in [0.3, 0.4) is 0 Å². The van der Waals surface area contributed by atoms with Gasteiger partial charge in [0.1, 0.15) is 0 Å². The Bertz CT molecular complexity index is 1580. The first-order chi connectivity index (χ1) is 15.7. The Balaban J connectivity index is 1.61. The summed E-state index contributed by atoms with van der Waals surface area (Å²) in [6.07, 6.45) is 2.78. The molecule has 0 saturated heterocycles. The van der Waals surface area contributed by atoms with Crippen LogP contribution in [0.25, 0.3) is 10.9 Å². The molecule has 0 atom stereocenters. The lowest BCUT2D eigenvalue weighted by molar-refractivity contribution is 0.0955. The van der Waals surface area contributed by atoms with Crippen molar-refractivity contribution in [3.63, 3.8) is 0 Å². The van der Waals surface area contributed by atoms with Gasteiger partial charge in [-0.05, 0) is 42.5 Å². The molecule has 0 aliphatic rings. The molecule has 0 radical (unpaired) electrons. The predicted octanol–water partition coefficient (Wildman–Crippen LogP) is 2.29. The number of amides is 1. The highest BCUT2D eigenvalue weighted by Gasteiger charge is 2.20. The molecule has 4 rings (SSSR count). The first-order valence-corrected chi connectivity index (χ1v) is 12.5. The number of fused-ring (bicyclic) bond motifs is 1. The van der Waals surface area contributed by atoms with Gasteiger partial charge >= 0.3 is 0 Å². The Morgan fingerprint density at radius 2 is 1.48 bits per heavy atom. The van der Waals surface area contributed by atoms with Gasteiger partial charge in [0.05, 0.1) is 21.5 Å². The molecular formula is C22H18N4O5S2. The molecule has 0 unspecified atom stereocenters. The van der Waals surface area contributed by atoms with Crippen LogP contribution in [0.4, 0.5) is 0 Å². The van der Waals surface area contributed by atoms with E-state index in [0.717, 1.165) is 0 Å². The summed E-state index contributed by atoms with van der Waals surface area (Å²) in [5.41, 5.74) is 3.46. The zero-order chi connectivity index (χ0) is 23.6. The highest BCUT2D eigenvalue weighted by atomic mass is 32.2. The van der Waals surface area contributed by atoms with Crippen LogP contribution in [-0.2, 0) is 20.0 Å². The maximum atomic E-state index is 13.1. The maximum absolute atomic E-state index is 13.1. The van der Waals surface area contributed by atoms with Gasteiger partial charge in [-0.25, -0.2) is 31.4 Å². The summed E-state index contributed by atoms with van der Waals surface area (Å²) < 4.78 is 50.1. The van der Waals surface area contributed by atoms with E-state index in [9.17, 15) is 21.6 Å². The van der Waals surface area contributed by atoms with Gasteiger partial charge in [0.15, 0.2) is 0 Å². The minimum Gasteiger partial charge on any atom is -0.267 e. The third kappa shape index (κ3) is 4.55. The Morgan fingerprint density at radius 1 is 0.848 bits per heavy atom. The SMILES string of the molecule is NS(=O)(=O)c1ccc(C(=O)N/N=C/c2cn(S(=O)(=O)c3ccccc3)c3ccccc23)cc1. The number of sulfonamides is 1. The molecule has 0 aliphatic carbocycles. The van der Waals surface area contributed by atoms with Crippen molar-refractivity contribution in [1.29, 1.82) is 0 Å². The standard InChI is InChI=1S/C22H18N4O5S2/c23-32(28,29)18-12-10-16(11-13-18)22(27)25-24-14-17-15-26(21-9-5-4-8-20(17)21)33(30,31)19-6-2-1-3-7-19/h1-15H,(H,25,27)(H2,23,28,29)/b24-14+. The number of carbonyl (C=O) groups is 1. The maximum Gasteiger partial charge on any atom is 0.271 e. The molecule has 33 heavy (non-hydrogen) atoms. The van der Waals surface area contributed by atoms with Gasteiger partial charge in [-0.1, -0.05) is 36.4 Å². The van der Waals surface area contributed by atoms with Gasteiger partial charge in [-0.2, -0.15) is 5.10 Å². The second kappa shape index (κ2) is 8.62. The molecule has 1 aromatic heterocycles. The topological polar surface area (TPSA) is 141 Å². The number of nitrogens with one attached hydrogen (secondary N) is 1. The number of nitrogens with zero attached hydrogens (tertiary/aromatic N) is 2. The second-order valence-electron chi connectivity index (χ2n) is 6.98. The van der Waals surface area contributed by atoms with Gasteiger partial charge in [-0.3, -0.25) is 4.79 Å². The molecule has 0 fully saturated rings. The van der Waals surface area contributed by atoms with Crippen molar-refractivity contribution in [2.45, 2.75) is 9.79 Å². The van der Waals surface area contributed by atoms with Crippen molar-refractivity contribution in [3.05, 3.63) is 96.2 Å². The lowest BCUT2D eigenvalue weighted by Crippen LogP contribution is -2.18. The molecule has 0 bridgehead atoms. The number of para-hydroxylation sites is 1. The zero-order valence-corrected chi connectivity index (χ0v) is 18.6. The molecule has 3 N–H and O–H groups in total. The second-order valence-corrected chi connectivity index (χ2v) is 10.4. The Labute approximate surface area is 190 Å². The van der Waals surface area contributed by atoms with Gasteiger partial charge in [0, 0.05) is 22.7 Å². The van der Waals surface area contributed by atoms with Crippen molar-refractivity contribution in [2.24, 2.45) is 10.2 Å². The van der Waals surface area contributed by atoms with Gasteiger partial charge in [-0.15, -0.1) is 0 Å². The Kier molecular flexibility index (Phi) is 5.85. The zero-order valence-electron chi connectivity index (χ0n) is 17.0. The minimum absolute atomic E-state index is 0.116. The molecule has 1 amide bonds. The largest absolute Gasteiger partial charge is 0.271 e. The lowest BCUT2D eigenvalue weighted by Gasteiger charge is -2.07. The quantitative estimate of drug-likeness (QED) is 0.320. The normalized spacial score (nSPS) is 12.3. The fraction of sp³-hybridized carbons (Fsp3) is 0. The fourth-order valence-electron chi connectivity index (χ4n) is 3.20. The van der Waals surface area contributed by atoms with E-state index in [0.29, 0.717) is 16.5 Å². The molecule has 11 heteroatoms. The van der Waals surface area contributed by atoms with Crippen LogP contribution >= 0.6 is 0 Å². The monoisotopic (exact) mass is 482 g/mol.